The number of aliphatic hydroxyl groups excluding tert-OH is 3. The summed E-state index contributed by atoms with van der Waals surface area (Å²) in [5.41, 5.74) is 5.52. The lowest BCUT2D eigenvalue weighted by Gasteiger charge is -2.44. The van der Waals surface area contributed by atoms with Crippen molar-refractivity contribution in [3.63, 3.8) is 0 Å². The van der Waals surface area contributed by atoms with Crippen LogP contribution in [0.1, 0.15) is 161 Å². The van der Waals surface area contributed by atoms with Crippen LogP contribution in [0.3, 0.4) is 0 Å². The highest BCUT2D eigenvalue weighted by Gasteiger charge is 2.56. The predicted octanol–water partition coefficient (Wildman–Crippen LogP) is 5.34. The number of hydrogen-bond acceptors (Lipinski definition) is 15. The maximum absolute atomic E-state index is 13.0. The standard InChI is InChI=1S/C37H74NO19P3/c1-2-3-4-5-6-7-8-9-10-12-16-19-22-25-31(40)54-29(27-52-30(39)24-21-18-15-13-11-14-17-20-23-26-38)28-53-60(50,51)57-35-32(41)33(42)36(55-58(44,45)46)37(34(35)43)56-59(47,48)49/h29,32-37,41-43H,2-28,38H2,1H3,(H,50,51)(H2,44,45,46)(H2,47,48,49)/t29-,32?,33-,34+,35?,36?,37+/m1/s1. The molecule has 0 amide bonds. The minimum absolute atomic E-state index is 0.000330. The van der Waals surface area contributed by atoms with Crippen LogP contribution in [0.5, 0.6) is 0 Å². The van der Waals surface area contributed by atoms with Crippen molar-refractivity contribution < 1.29 is 90.6 Å². The van der Waals surface area contributed by atoms with Gasteiger partial charge in [-0.2, -0.15) is 0 Å². The first-order valence-corrected chi connectivity index (χ1v) is 26.1. The average Bonchev–Trinajstić information content (AvgIpc) is 3.16. The van der Waals surface area contributed by atoms with Gasteiger partial charge in [0.2, 0.25) is 0 Å². The van der Waals surface area contributed by atoms with Gasteiger partial charge >= 0.3 is 35.4 Å². The van der Waals surface area contributed by atoms with Crippen LogP contribution in [0.25, 0.3) is 0 Å². The van der Waals surface area contributed by atoms with Gasteiger partial charge in [0.25, 0.3) is 0 Å². The van der Waals surface area contributed by atoms with E-state index in [0.29, 0.717) is 19.4 Å². The van der Waals surface area contributed by atoms with E-state index in [4.69, 9.17) is 24.3 Å². The number of rotatable bonds is 37. The minimum atomic E-state index is -5.59. The Bertz CT molecular complexity index is 1300. The zero-order valence-electron chi connectivity index (χ0n) is 35.1. The van der Waals surface area contributed by atoms with Gasteiger partial charge in [-0.15, -0.1) is 0 Å². The van der Waals surface area contributed by atoms with Crippen LogP contribution in [-0.2, 0) is 50.9 Å². The Hall–Kier alpha value is -0.890. The molecule has 23 heteroatoms. The summed E-state index contributed by atoms with van der Waals surface area (Å²) >= 11 is 0. The number of unbranched alkanes of at least 4 members (excludes halogenated alkanes) is 20. The molecule has 1 aliphatic carbocycles. The lowest BCUT2D eigenvalue weighted by Crippen LogP contribution is -2.65. The van der Waals surface area contributed by atoms with Crippen molar-refractivity contribution in [2.24, 2.45) is 5.73 Å². The molecule has 1 saturated carbocycles. The first-order chi connectivity index (χ1) is 28.3. The van der Waals surface area contributed by atoms with Crippen LogP contribution in [0.2, 0.25) is 0 Å². The maximum Gasteiger partial charge on any atom is 0.472 e. The average molecular weight is 930 g/mol. The lowest BCUT2D eigenvalue weighted by molar-refractivity contribution is -0.213. The molecule has 0 bridgehead atoms. The molecule has 0 aliphatic heterocycles. The Morgan fingerprint density at radius 2 is 0.900 bits per heavy atom. The molecule has 10 N–H and O–H groups in total. The highest BCUT2D eigenvalue weighted by Crippen LogP contribution is 2.51. The van der Waals surface area contributed by atoms with Crippen molar-refractivity contribution in [2.75, 3.05) is 19.8 Å². The molecule has 0 aromatic carbocycles. The van der Waals surface area contributed by atoms with Gasteiger partial charge in [-0.1, -0.05) is 129 Å². The fourth-order valence-electron chi connectivity index (χ4n) is 6.77. The number of aliphatic hydroxyl groups is 3. The van der Waals surface area contributed by atoms with Crippen molar-refractivity contribution >= 4 is 35.4 Å². The van der Waals surface area contributed by atoms with Gasteiger partial charge in [-0.3, -0.25) is 27.7 Å². The predicted molar refractivity (Wildman–Crippen MR) is 219 cm³/mol. The van der Waals surface area contributed by atoms with Gasteiger partial charge in [-0.25, -0.2) is 13.7 Å². The summed E-state index contributed by atoms with van der Waals surface area (Å²) in [4.78, 5) is 72.8. The van der Waals surface area contributed by atoms with E-state index in [1.54, 1.807) is 0 Å². The number of phosphoric ester groups is 3. The lowest BCUT2D eigenvalue weighted by atomic mass is 9.85. The number of carbonyl (C=O) groups excluding carboxylic acids is 2. The fourth-order valence-corrected chi connectivity index (χ4v) is 8.87. The fraction of sp³-hybridized carbons (Fsp3) is 0.946. The Balaban J connectivity index is 2.79. The van der Waals surface area contributed by atoms with E-state index in [1.165, 1.54) is 44.9 Å². The Kier molecular flexibility index (Phi) is 30.3. The number of ether oxygens (including phenoxy) is 2. The van der Waals surface area contributed by atoms with E-state index in [2.05, 4.69) is 16.0 Å². The number of esters is 2. The number of hydrogen-bond donors (Lipinski definition) is 9. The van der Waals surface area contributed by atoms with Crippen molar-refractivity contribution in [3.05, 3.63) is 0 Å². The molecular formula is C37H74NO19P3. The Morgan fingerprint density at radius 1 is 0.517 bits per heavy atom. The Labute approximate surface area is 354 Å². The zero-order valence-corrected chi connectivity index (χ0v) is 37.8. The number of phosphoric acid groups is 3. The van der Waals surface area contributed by atoms with Crippen molar-refractivity contribution in [1.29, 1.82) is 0 Å². The molecule has 0 spiro atoms. The molecule has 20 nitrogen and oxygen atoms in total. The molecule has 0 saturated heterocycles. The summed E-state index contributed by atoms with van der Waals surface area (Å²) in [5, 5.41) is 31.7. The molecule has 0 aromatic heterocycles. The van der Waals surface area contributed by atoms with Crippen LogP contribution in [0.15, 0.2) is 0 Å². The monoisotopic (exact) mass is 929 g/mol. The normalized spacial score (nSPS) is 22.6. The van der Waals surface area contributed by atoms with Gasteiger partial charge in [-0.05, 0) is 25.8 Å². The van der Waals surface area contributed by atoms with E-state index in [0.717, 1.165) is 83.5 Å². The van der Waals surface area contributed by atoms with Crippen LogP contribution >= 0.6 is 23.5 Å². The molecule has 60 heavy (non-hydrogen) atoms. The minimum Gasteiger partial charge on any atom is -0.462 e. The third kappa shape index (κ3) is 28.0. The second-order valence-electron chi connectivity index (χ2n) is 15.4. The van der Waals surface area contributed by atoms with Gasteiger partial charge in [0.1, 0.15) is 43.2 Å². The first kappa shape index (κ1) is 57.1. The molecule has 4 unspecified atom stereocenters. The molecular weight excluding hydrogens is 855 g/mol. The molecule has 1 aliphatic rings. The SMILES string of the molecule is CCCCCCCCCCCCCCCC(=O)O[C@H](COC(=O)CCCCCCCCCCCN)COP(=O)(O)OC1C(O)[C@@H](O)C(OP(=O)(O)O)[C@@H](OP(=O)(O)O)[C@H]1O. The van der Waals surface area contributed by atoms with E-state index in [1.807, 2.05) is 0 Å². The van der Waals surface area contributed by atoms with Crippen LogP contribution < -0.4 is 5.73 Å². The van der Waals surface area contributed by atoms with Crippen molar-refractivity contribution in [2.45, 2.75) is 204 Å². The highest BCUT2D eigenvalue weighted by molar-refractivity contribution is 7.47. The molecule has 0 aromatic rings. The summed E-state index contributed by atoms with van der Waals surface area (Å²) in [6.07, 6.45) is 6.80. The second kappa shape index (κ2) is 31.9. The molecule has 8 atom stereocenters. The summed E-state index contributed by atoms with van der Waals surface area (Å²) in [6.45, 7) is 1.41. The van der Waals surface area contributed by atoms with Crippen molar-refractivity contribution in [3.8, 4) is 0 Å². The molecule has 1 fully saturated rings. The molecule has 1 rings (SSSR count). The van der Waals surface area contributed by atoms with Crippen LogP contribution in [-0.4, -0.2) is 114 Å². The largest absolute Gasteiger partial charge is 0.472 e. The van der Waals surface area contributed by atoms with Crippen molar-refractivity contribution in [1.82, 2.24) is 0 Å². The van der Waals surface area contributed by atoms with E-state index >= 15 is 0 Å². The summed E-state index contributed by atoms with van der Waals surface area (Å²) < 4.78 is 65.2. The second-order valence-corrected chi connectivity index (χ2v) is 19.2. The molecule has 0 radical (unpaired) electrons. The highest BCUT2D eigenvalue weighted by atomic mass is 31.2. The van der Waals surface area contributed by atoms with Gasteiger partial charge in [0.05, 0.1) is 6.61 Å². The van der Waals surface area contributed by atoms with E-state index in [-0.39, 0.29) is 12.8 Å². The van der Waals surface area contributed by atoms with Crippen LogP contribution in [0.4, 0.5) is 0 Å². The third-order valence-corrected chi connectivity index (χ3v) is 12.0. The zero-order chi connectivity index (χ0) is 45.0. The van der Waals surface area contributed by atoms with Gasteiger partial charge in [0.15, 0.2) is 6.10 Å². The molecule has 0 heterocycles. The number of nitrogens with two attached hydrogens (primary N) is 1. The molecule has 356 valence electrons. The van der Waals surface area contributed by atoms with E-state index < -0.39 is 91.3 Å². The maximum atomic E-state index is 13.0. The first-order valence-electron chi connectivity index (χ1n) is 21.5. The topological polar surface area (TPSA) is 329 Å². The van der Waals surface area contributed by atoms with E-state index in [9.17, 15) is 63.1 Å². The summed E-state index contributed by atoms with van der Waals surface area (Å²) in [6, 6.07) is 0. The quantitative estimate of drug-likeness (QED) is 0.0216. The number of carbonyl (C=O) groups is 2. The smallest absolute Gasteiger partial charge is 0.462 e. The summed E-state index contributed by atoms with van der Waals surface area (Å²) in [5.74, 6) is -1.31. The van der Waals surface area contributed by atoms with Gasteiger partial charge < -0.3 is 55.0 Å². The van der Waals surface area contributed by atoms with Crippen LogP contribution in [0, 0.1) is 0 Å². The Morgan fingerprint density at radius 3 is 1.33 bits per heavy atom. The third-order valence-electron chi connectivity index (χ3n) is 10.0. The summed E-state index contributed by atoms with van der Waals surface area (Å²) in [7, 11) is -16.6. The van der Waals surface area contributed by atoms with Gasteiger partial charge in [0, 0.05) is 12.8 Å².